The number of hydrogen-bond donors (Lipinski definition) is 1. The van der Waals surface area contributed by atoms with Crippen LogP contribution in [0.5, 0.6) is 5.75 Å². The van der Waals surface area contributed by atoms with Gasteiger partial charge in [0.2, 0.25) is 0 Å². The first-order chi connectivity index (χ1) is 9.11. The number of carboxylic acid groups (broad SMARTS) is 1. The summed E-state index contributed by atoms with van der Waals surface area (Å²) in [5.74, 6) is 0.716. The first-order valence-corrected chi connectivity index (χ1v) is 6.15. The number of nitrogens with zero attached hydrogens (tertiary/aromatic N) is 2. The molecule has 0 atom stereocenters. The highest BCUT2D eigenvalue weighted by Crippen LogP contribution is 2.36. The third-order valence-electron chi connectivity index (χ3n) is 3.72. The van der Waals surface area contributed by atoms with Crippen LogP contribution in [0.3, 0.4) is 0 Å². The van der Waals surface area contributed by atoms with Crippen molar-refractivity contribution in [3.8, 4) is 11.8 Å². The van der Waals surface area contributed by atoms with E-state index in [1.165, 1.54) is 4.90 Å². The molecule has 1 N–H and O–H groups in total. The summed E-state index contributed by atoms with van der Waals surface area (Å²) in [5, 5.41) is 18.5. The standard InChI is InChI=1S/C14H16N2O3/c1-19-12-4-2-3-11(9-12)14(10-15)5-7-16(8-6-14)13(17)18/h2-4,9H,5-8H2,1H3,(H,17,18). The fourth-order valence-electron chi connectivity index (χ4n) is 2.47. The molecule has 0 bridgehead atoms. The predicted molar refractivity (Wildman–Crippen MR) is 69.1 cm³/mol. The highest BCUT2D eigenvalue weighted by Gasteiger charge is 2.37. The van der Waals surface area contributed by atoms with E-state index in [9.17, 15) is 10.1 Å². The van der Waals surface area contributed by atoms with Gasteiger partial charge in [0.05, 0.1) is 18.6 Å². The molecule has 0 aromatic heterocycles. The van der Waals surface area contributed by atoms with Crippen LogP contribution in [0, 0.1) is 11.3 Å². The van der Waals surface area contributed by atoms with E-state index in [2.05, 4.69) is 6.07 Å². The molecular formula is C14H16N2O3. The molecule has 5 heteroatoms. The van der Waals surface area contributed by atoms with Crippen LogP contribution in [0.2, 0.25) is 0 Å². The van der Waals surface area contributed by atoms with Crippen molar-refractivity contribution in [2.45, 2.75) is 18.3 Å². The lowest BCUT2D eigenvalue weighted by atomic mass is 9.74. The van der Waals surface area contributed by atoms with Gasteiger partial charge in [-0.1, -0.05) is 12.1 Å². The lowest BCUT2D eigenvalue weighted by Crippen LogP contribution is -2.44. The van der Waals surface area contributed by atoms with Gasteiger partial charge in [-0.25, -0.2) is 4.79 Å². The van der Waals surface area contributed by atoms with Crippen LogP contribution in [0.25, 0.3) is 0 Å². The molecule has 1 saturated heterocycles. The third kappa shape index (κ3) is 2.48. The summed E-state index contributed by atoms with van der Waals surface area (Å²) in [7, 11) is 1.59. The van der Waals surface area contributed by atoms with Gasteiger partial charge in [-0.2, -0.15) is 5.26 Å². The molecule has 0 aliphatic carbocycles. The first-order valence-electron chi connectivity index (χ1n) is 6.15. The molecule has 1 aromatic rings. The van der Waals surface area contributed by atoms with E-state index in [0.717, 1.165) is 5.56 Å². The second-order valence-electron chi connectivity index (χ2n) is 4.70. The molecule has 5 nitrogen and oxygen atoms in total. The van der Waals surface area contributed by atoms with E-state index in [4.69, 9.17) is 9.84 Å². The van der Waals surface area contributed by atoms with Crippen molar-refractivity contribution in [3.63, 3.8) is 0 Å². The zero-order valence-corrected chi connectivity index (χ0v) is 10.8. The smallest absolute Gasteiger partial charge is 0.407 e. The molecule has 1 amide bonds. The number of nitriles is 1. The molecule has 1 fully saturated rings. The normalized spacial score (nSPS) is 17.6. The molecule has 100 valence electrons. The third-order valence-corrected chi connectivity index (χ3v) is 3.72. The van der Waals surface area contributed by atoms with Gasteiger partial charge < -0.3 is 14.7 Å². The van der Waals surface area contributed by atoms with Crippen LogP contribution >= 0.6 is 0 Å². The fraction of sp³-hybridized carbons (Fsp3) is 0.429. The van der Waals surface area contributed by atoms with Crippen LogP contribution in [-0.4, -0.2) is 36.3 Å². The maximum atomic E-state index is 10.9. The highest BCUT2D eigenvalue weighted by molar-refractivity contribution is 5.65. The van der Waals surface area contributed by atoms with E-state index < -0.39 is 11.5 Å². The molecule has 0 saturated carbocycles. The number of methoxy groups -OCH3 is 1. The molecule has 0 radical (unpaired) electrons. The Bertz CT molecular complexity index is 514. The number of likely N-dealkylation sites (tertiary alicyclic amines) is 1. The number of benzene rings is 1. The van der Waals surface area contributed by atoms with Crippen LogP contribution in [0.15, 0.2) is 24.3 Å². The van der Waals surface area contributed by atoms with Crippen molar-refractivity contribution >= 4 is 6.09 Å². The molecule has 1 heterocycles. The molecule has 1 aromatic carbocycles. The summed E-state index contributed by atoms with van der Waals surface area (Å²) >= 11 is 0. The zero-order valence-electron chi connectivity index (χ0n) is 10.8. The predicted octanol–water partition coefficient (Wildman–Crippen LogP) is 2.23. The molecule has 19 heavy (non-hydrogen) atoms. The lowest BCUT2D eigenvalue weighted by molar-refractivity contribution is 0.125. The summed E-state index contributed by atoms with van der Waals surface area (Å²) in [6.45, 7) is 0.778. The van der Waals surface area contributed by atoms with E-state index in [1.807, 2.05) is 24.3 Å². The Morgan fingerprint density at radius 2 is 2.16 bits per heavy atom. The van der Waals surface area contributed by atoms with Crippen LogP contribution in [0.4, 0.5) is 4.79 Å². The molecule has 0 spiro atoms. The van der Waals surface area contributed by atoms with Crippen LogP contribution in [-0.2, 0) is 5.41 Å². The number of hydrogen-bond acceptors (Lipinski definition) is 3. The maximum Gasteiger partial charge on any atom is 0.407 e. The second-order valence-corrected chi connectivity index (χ2v) is 4.70. The second kappa shape index (κ2) is 5.19. The average Bonchev–Trinajstić information content (AvgIpc) is 2.47. The monoisotopic (exact) mass is 260 g/mol. The van der Waals surface area contributed by atoms with Crippen molar-refractivity contribution in [2.75, 3.05) is 20.2 Å². The summed E-state index contributed by atoms with van der Waals surface area (Å²) in [6.07, 6.45) is 0.114. The number of piperidine rings is 1. The number of amides is 1. The zero-order chi connectivity index (χ0) is 13.9. The molecule has 2 rings (SSSR count). The summed E-state index contributed by atoms with van der Waals surface area (Å²) in [4.78, 5) is 12.3. The Morgan fingerprint density at radius 1 is 1.47 bits per heavy atom. The summed E-state index contributed by atoms with van der Waals surface area (Å²) < 4.78 is 5.18. The van der Waals surface area contributed by atoms with E-state index in [0.29, 0.717) is 31.7 Å². The van der Waals surface area contributed by atoms with Crippen molar-refractivity contribution in [3.05, 3.63) is 29.8 Å². The molecule has 1 aliphatic heterocycles. The number of carbonyl (C=O) groups is 1. The van der Waals surface area contributed by atoms with Gasteiger partial charge in [0.25, 0.3) is 0 Å². The Hall–Kier alpha value is -2.22. The Labute approximate surface area is 112 Å². The Kier molecular flexibility index (Phi) is 3.61. The van der Waals surface area contributed by atoms with Gasteiger partial charge in [0.1, 0.15) is 5.75 Å². The van der Waals surface area contributed by atoms with E-state index in [1.54, 1.807) is 7.11 Å². The molecule has 0 unspecified atom stereocenters. The van der Waals surface area contributed by atoms with E-state index in [-0.39, 0.29) is 0 Å². The van der Waals surface area contributed by atoms with Crippen molar-refractivity contribution in [1.82, 2.24) is 4.90 Å². The van der Waals surface area contributed by atoms with Crippen molar-refractivity contribution < 1.29 is 14.6 Å². The summed E-state index contributed by atoms with van der Waals surface area (Å²) in [6, 6.07) is 9.83. The number of rotatable bonds is 2. The van der Waals surface area contributed by atoms with Crippen molar-refractivity contribution in [1.29, 1.82) is 5.26 Å². The topological polar surface area (TPSA) is 73.6 Å². The lowest BCUT2D eigenvalue weighted by Gasteiger charge is -2.36. The largest absolute Gasteiger partial charge is 0.497 e. The average molecular weight is 260 g/mol. The van der Waals surface area contributed by atoms with Crippen molar-refractivity contribution in [2.24, 2.45) is 0 Å². The Balaban J connectivity index is 2.25. The SMILES string of the molecule is COc1cccc(C2(C#N)CCN(C(=O)O)CC2)c1. The first kappa shape index (κ1) is 13.2. The minimum atomic E-state index is -0.919. The van der Waals surface area contributed by atoms with Gasteiger partial charge in [0.15, 0.2) is 0 Å². The Morgan fingerprint density at radius 3 is 2.68 bits per heavy atom. The summed E-state index contributed by atoms with van der Waals surface area (Å²) in [5.41, 5.74) is 0.292. The fourth-order valence-corrected chi connectivity index (χ4v) is 2.47. The van der Waals surface area contributed by atoms with E-state index >= 15 is 0 Å². The highest BCUT2D eigenvalue weighted by atomic mass is 16.5. The van der Waals surface area contributed by atoms with Gasteiger partial charge >= 0.3 is 6.09 Å². The van der Waals surface area contributed by atoms with Crippen LogP contribution < -0.4 is 4.74 Å². The molecule has 1 aliphatic rings. The van der Waals surface area contributed by atoms with Gasteiger partial charge in [-0.3, -0.25) is 0 Å². The molecular weight excluding hydrogens is 244 g/mol. The van der Waals surface area contributed by atoms with Gasteiger partial charge in [-0.05, 0) is 30.5 Å². The minimum absolute atomic E-state index is 0.389. The quantitative estimate of drug-likeness (QED) is 0.884. The minimum Gasteiger partial charge on any atom is -0.497 e. The van der Waals surface area contributed by atoms with Gasteiger partial charge in [-0.15, -0.1) is 0 Å². The van der Waals surface area contributed by atoms with Crippen LogP contribution in [0.1, 0.15) is 18.4 Å². The maximum absolute atomic E-state index is 10.9. The number of ether oxygens (including phenoxy) is 1. The van der Waals surface area contributed by atoms with Gasteiger partial charge in [0, 0.05) is 13.1 Å².